The average molecular weight is 193 g/mol. The number of allylic oxidation sites excluding steroid dienone is 3. The summed E-state index contributed by atoms with van der Waals surface area (Å²) in [6.45, 7) is 8.30. The Kier molecular flexibility index (Phi) is 3.50. The molecule has 1 N–H and O–H groups in total. The summed E-state index contributed by atoms with van der Waals surface area (Å²) >= 11 is 0. The van der Waals surface area contributed by atoms with Crippen molar-refractivity contribution in [2.75, 3.05) is 0 Å². The fourth-order valence-corrected chi connectivity index (χ4v) is 1.75. The van der Waals surface area contributed by atoms with E-state index in [9.17, 15) is 4.79 Å². The third-order valence-corrected chi connectivity index (χ3v) is 2.50. The molecule has 0 saturated carbocycles. The van der Waals surface area contributed by atoms with Gasteiger partial charge in [0.2, 0.25) is 5.91 Å². The smallest absolute Gasteiger partial charge is 0.224 e. The maximum Gasteiger partial charge on any atom is 0.224 e. The minimum atomic E-state index is 0.150. The molecule has 1 amide bonds. The molecule has 78 valence electrons. The van der Waals surface area contributed by atoms with Gasteiger partial charge in [-0.05, 0) is 46.1 Å². The number of carbonyl (C=O) groups excluding carboxylic acids is 1. The lowest BCUT2D eigenvalue weighted by Crippen LogP contribution is -2.21. The molecule has 0 radical (unpaired) electrons. The van der Waals surface area contributed by atoms with Crippen LogP contribution in [0.4, 0.5) is 0 Å². The van der Waals surface area contributed by atoms with Gasteiger partial charge in [-0.3, -0.25) is 4.79 Å². The summed E-state index contributed by atoms with van der Waals surface area (Å²) in [5.74, 6) is 0.150. The van der Waals surface area contributed by atoms with Gasteiger partial charge in [0.05, 0.1) is 0 Å². The molecule has 1 saturated heterocycles. The van der Waals surface area contributed by atoms with Crippen LogP contribution in [-0.2, 0) is 4.79 Å². The van der Waals surface area contributed by atoms with Crippen LogP contribution in [0.3, 0.4) is 0 Å². The monoisotopic (exact) mass is 193 g/mol. The molecule has 2 heteroatoms. The molecule has 0 aliphatic carbocycles. The molecule has 0 unspecified atom stereocenters. The molecule has 1 heterocycles. The summed E-state index contributed by atoms with van der Waals surface area (Å²) in [6, 6.07) is 0. The van der Waals surface area contributed by atoms with Gasteiger partial charge >= 0.3 is 0 Å². The molecular weight excluding hydrogens is 174 g/mol. The Morgan fingerprint density at radius 3 is 2.21 bits per heavy atom. The van der Waals surface area contributed by atoms with Crippen LogP contribution in [0.1, 0.15) is 47.0 Å². The molecule has 0 aromatic heterocycles. The topological polar surface area (TPSA) is 29.1 Å². The van der Waals surface area contributed by atoms with Crippen molar-refractivity contribution in [3.8, 4) is 0 Å². The first-order chi connectivity index (χ1) is 6.52. The quantitative estimate of drug-likeness (QED) is 0.629. The first kappa shape index (κ1) is 11.0. The molecule has 0 aromatic rings. The summed E-state index contributed by atoms with van der Waals surface area (Å²) in [5, 5.41) is 2.99. The van der Waals surface area contributed by atoms with E-state index in [1.54, 1.807) is 0 Å². The van der Waals surface area contributed by atoms with Crippen molar-refractivity contribution in [2.45, 2.75) is 47.0 Å². The molecule has 0 spiro atoms. The molecule has 1 aliphatic rings. The maximum atomic E-state index is 11.4. The summed E-state index contributed by atoms with van der Waals surface area (Å²) in [5.41, 5.74) is 4.86. The molecular formula is C12H19NO. The van der Waals surface area contributed by atoms with E-state index in [1.165, 1.54) is 16.7 Å². The number of carbonyl (C=O) groups is 1. The summed E-state index contributed by atoms with van der Waals surface area (Å²) in [6.07, 6.45) is 2.62. The van der Waals surface area contributed by atoms with Crippen LogP contribution in [0.5, 0.6) is 0 Å². The third kappa shape index (κ3) is 2.47. The van der Waals surface area contributed by atoms with Crippen molar-refractivity contribution in [1.29, 1.82) is 0 Å². The van der Waals surface area contributed by atoms with Crippen LogP contribution < -0.4 is 5.32 Å². The van der Waals surface area contributed by atoms with E-state index in [1.807, 2.05) is 13.8 Å². The molecule has 14 heavy (non-hydrogen) atoms. The summed E-state index contributed by atoms with van der Waals surface area (Å²) in [7, 11) is 0. The zero-order valence-corrected chi connectivity index (χ0v) is 9.53. The summed E-state index contributed by atoms with van der Waals surface area (Å²) in [4.78, 5) is 11.4. The second kappa shape index (κ2) is 4.45. The van der Waals surface area contributed by atoms with Gasteiger partial charge in [0.1, 0.15) is 0 Å². The Morgan fingerprint density at radius 1 is 1.07 bits per heavy atom. The SMILES string of the molecule is CC(C)=C1CCCC(=O)NC1=C(C)C. The second-order valence-corrected chi connectivity index (χ2v) is 4.26. The zero-order chi connectivity index (χ0) is 10.7. The number of nitrogens with one attached hydrogen (secondary N) is 1. The number of hydrogen-bond acceptors (Lipinski definition) is 1. The second-order valence-electron chi connectivity index (χ2n) is 4.26. The highest BCUT2D eigenvalue weighted by molar-refractivity contribution is 5.79. The minimum Gasteiger partial charge on any atom is -0.326 e. The van der Waals surface area contributed by atoms with Gasteiger partial charge in [0.25, 0.3) is 0 Å². The van der Waals surface area contributed by atoms with Gasteiger partial charge < -0.3 is 5.32 Å². The predicted octanol–water partition coefficient (Wildman–Crippen LogP) is 2.92. The third-order valence-electron chi connectivity index (χ3n) is 2.50. The van der Waals surface area contributed by atoms with Crippen LogP contribution in [0.15, 0.2) is 22.4 Å². The number of hydrogen-bond donors (Lipinski definition) is 1. The highest BCUT2D eigenvalue weighted by Crippen LogP contribution is 2.24. The lowest BCUT2D eigenvalue weighted by Gasteiger charge is -2.13. The predicted molar refractivity (Wildman–Crippen MR) is 58.7 cm³/mol. The lowest BCUT2D eigenvalue weighted by molar-refractivity contribution is -0.120. The highest BCUT2D eigenvalue weighted by atomic mass is 16.1. The van der Waals surface area contributed by atoms with E-state index >= 15 is 0 Å². The average Bonchev–Trinajstić information content (AvgIpc) is 2.26. The molecule has 0 aromatic carbocycles. The first-order valence-electron chi connectivity index (χ1n) is 5.16. The Labute approximate surface area is 86.1 Å². The van der Waals surface area contributed by atoms with Gasteiger partial charge in [0.15, 0.2) is 0 Å². The largest absolute Gasteiger partial charge is 0.326 e. The van der Waals surface area contributed by atoms with Gasteiger partial charge in [-0.25, -0.2) is 0 Å². The van der Waals surface area contributed by atoms with Crippen LogP contribution in [0, 0.1) is 0 Å². The highest BCUT2D eigenvalue weighted by Gasteiger charge is 2.16. The van der Waals surface area contributed by atoms with Crippen molar-refractivity contribution in [1.82, 2.24) is 5.32 Å². The first-order valence-corrected chi connectivity index (χ1v) is 5.16. The molecule has 0 atom stereocenters. The van der Waals surface area contributed by atoms with Crippen molar-refractivity contribution in [2.24, 2.45) is 0 Å². The van der Waals surface area contributed by atoms with Crippen molar-refractivity contribution >= 4 is 5.91 Å². The lowest BCUT2D eigenvalue weighted by atomic mass is 10.00. The Bertz CT molecular complexity index is 302. The van der Waals surface area contributed by atoms with Crippen LogP contribution in [0.25, 0.3) is 0 Å². The van der Waals surface area contributed by atoms with Gasteiger partial charge in [-0.2, -0.15) is 0 Å². The van der Waals surface area contributed by atoms with Gasteiger partial charge in [-0.1, -0.05) is 11.1 Å². The Hall–Kier alpha value is -1.05. The van der Waals surface area contributed by atoms with E-state index in [4.69, 9.17) is 0 Å². The number of amides is 1. The fraction of sp³-hybridized carbons (Fsp3) is 0.583. The van der Waals surface area contributed by atoms with Gasteiger partial charge in [0, 0.05) is 12.1 Å². The van der Waals surface area contributed by atoms with E-state index in [2.05, 4.69) is 19.2 Å². The molecule has 2 nitrogen and oxygen atoms in total. The molecule has 1 rings (SSSR count). The Balaban J connectivity index is 3.11. The van der Waals surface area contributed by atoms with E-state index in [0.29, 0.717) is 6.42 Å². The van der Waals surface area contributed by atoms with Crippen LogP contribution in [0.2, 0.25) is 0 Å². The maximum absolute atomic E-state index is 11.4. The van der Waals surface area contributed by atoms with Crippen molar-refractivity contribution < 1.29 is 4.79 Å². The van der Waals surface area contributed by atoms with Crippen molar-refractivity contribution in [3.05, 3.63) is 22.4 Å². The van der Waals surface area contributed by atoms with E-state index in [0.717, 1.165) is 18.5 Å². The fourth-order valence-electron chi connectivity index (χ4n) is 1.75. The molecule has 0 bridgehead atoms. The van der Waals surface area contributed by atoms with Crippen molar-refractivity contribution in [3.63, 3.8) is 0 Å². The number of rotatable bonds is 0. The van der Waals surface area contributed by atoms with E-state index in [-0.39, 0.29) is 5.91 Å². The van der Waals surface area contributed by atoms with Crippen LogP contribution in [-0.4, -0.2) is 5.91 Å². The standard InChI is InChI=1S/C12H19NO/c1-8(2)10-6-5-7-11(14)13-12(10)9(3)4/h5-7H2,1-4H3,(H,13,14). The summed E-state index contributed by atoms with van der Waals surface area (Å²) < 4.78 is 0. The normalized spacial score (nSPS) is 17.6. The van der Waals surface area contributed by atoms with E-state index < -0.39 is 0 Å². The molecule has 1 fully saturated rings. The zero-order valence-electron chi connectivity index (χ0n) is 9.53. The van der Waals surface area contributed by atoms with Gasteiger partial charge in [-0.15, -0.1) is 0 Å². The molecule has 1 aliphatic heterocycles. The van der Waals surface area contributed by atoms with Crippen LogP contribution >= 0.6 is 0 Å². The minimum absolute atomic E-state index is 0.150. The Morgan fingerprint density at radius 2 is 1.71 bits per heavy atom.